The normalized spacial score (nSPS) is 12.8. The average molecular weight is 1040 g/mol. The quantitative estimate of drug-likeness (QED) is 0.0261. The topological polar surface area (TPSA) is 78.9 Å². The predicted octanol–water partition coefficient (Wildman–Crippen LogP) is 20.8. The molecule has 422 valence electrons. The van der Waals surface area contributed by atoms with Gasteiger partial charge in [0.2, 0.25) is 0 Å². The van der Waals surface area contributed by atoms with Crippen LogP contribution >= 0.6 is 0 Å². The molecule has 0 spiro atoms. The Morgan fingerprint density at radius 2 is 0.480 bits per heavy atom. The number of hydrogen-bond donors (Lipinski definition) is 0. The minimum absolute atomic E-state index is 0.124. The highest BCUT2D eigenvalue weighted by molar-refractivity contribution is 5.71. The first kappa shape index (κ1) is 70.3. The lowest BCUT2D eigenvalue weighted by atomic mass is 10.1. The van der Waals surface area contributed by atoms with Crippen LogP contribution < -0.4 is 0 Å². The molecule has 0 fully saturated rings. The maximum absolute atomic E-state index is 12.9. The third kappa shape index (κ3) is 60.0. The Balaban J connectivity index is 4.60. The molecule has 75 heavy (non-hydrogen) atoms. The van der Waals surface area contributed by atoms with Crippen molar-refractivity contribution in [2.24, 2.45) is 0 Å². The molecule has 0 aliphatic rings. The first-order valence-corrected chi connectivity index (χ1v) is 30.3. The van der Waals surface area contributed by atoms with E-state index in [1.807, 2.05) is 0 Å². The van der Waals surface area contributed by atoms with E-state index in [0.29, 0.717) is 19.3 Å². The lowest BCUT2D eigenvalue weighted by Gasteiger charge is -2.18. The van der Waals surface area contributed by atoms with Crippen LogP contribution in [0.5, 0.6) is 0 Å². The summed E-state index contributed by atoms with van der Waals surface area (Å²) < 4.78 is 16.8. The highest BCUT2D eigenvalue weighted by Crippen LogP contribution is 2.12. The Labute approximate surface area is 461 Å². The molecule has 0 atom stereocenters. The van der Waals surface area contributed by atoms with Crippen molar-refractivity contribution in [1.29, 1.82) is 0 Å². The van der Waals surface area contributed by atoms with Crippen LogP contribution in [0.2, 0.25) is 0 Å². The monoisotopic (exact) mass is 1030 g/mol. The number of hydrogen-bond acceptors (Lipinski definition) is 6. The molecule has 0 aromatic heterocycles. The van der Waals surface area contributed by atoms with Gasteiger partial charge >= 0.3 is 17.9 Å². The summed E-state index contributed by atoms with van der Waals surface area (Å²) in [7, 11) is 0. The van der Waals surface area contributed by atoms with Gasteiger partial charge in [0.15, 0.2) is 6.10 Å². The number of esters is 3. The maximum Gasteiger partial charge on any atom is 0.306 e. The van der Waals surface area contributed by atoms with Crippen LogP contribution in [0.4, 0.5) is 0 Å². The van der Waals surface area contributed by atoms with Gasteiger partial charge in [-0.05, 0) is 154 Å². The van der Waals surface area contributed by atoms with Crippen molar-refractivity contribution in [3.8, 4) is 0 Å². The van der Waals surface area contributed by atoms with E-state index in [0.717, 1.165) is 128 Å². The molecule has 6 heteroatoms. The second-order valence-corrected chi connectivity index (χ2v) is 19.5. The molecule has 0 aromatic rings. The van der Waals surface area contributed by atoms with E-state index < -0.39 is 6.10 Å². The van der Waals surface area contributed by atoms with Crippen molar-refractivity contribution in [2.45, 2.75) is 258 Å². The van der Waals surface area contributed by atoms with Crippen LogP contribution in [0.3, 0.4) is 0 Å². The second kappa shape index (κ2) is 61.8. The van der Waals surface area contributed by atoms with Crippen LogP contribution in [0, 0.1) is 0 Å². The summed E-state index contributed by atoms with van der Waals surface area (Å²) in [5.74, 6) is -1.02. The van der Waals surface area contributed by atoms with Crippen LogP contribution in [0.15, 0.2) is 146 Å². The fraction of sp³-hybridized carbons (Fsp3) is 0.609. The van der Waals surface area contributed by atoms with Gasteiger partial charge in [-0.25, -0.2) is 0 Å². The molecular weight excluding hydrogens is 925 g/mol. The number of unbranched alkanes of at least 4 members (excludes halogenated alkanes) is 18. The summed E-state index contributed by atoms with van der Waals surface area (Å²) in [6.45, 7) is 6.47. The van der Waals surface area contributed by atoms with E-state index >= 15 is 0 Å². The molecule has 0 aliphatic heterocycles. The Kier molecular flexibility index (Phi) is 58.0. The van der Waals surface area contributed by atoms with Gasteiger partial charge in [-0.1, -0.05) is 224 Å². The third-order valence-electron chi connectivity index (χ3n) is 12.3. The Morgan fingerprint density at radius 1 is 0.267 bits per heavy atom. The molecule has 0 saturated carbocycles. The zero-order valence-electron chi connectivity index (χ0n) is 48.3. The zero-order valence-corrected chi connectivity index (χ0v) is 48.3. The van der Waals surface area contributed by atoms with Crippen molar-refractivity contribution < 1.29 is 28.6 Å². The highest BCUT2D eigenvalue weighted by Gasteiger charge is 2.19. The summed E-state index contributed by atoms with van der Waals surface area (Å²) in [4.78, 5) is 38.3. The summed E-state index contributed by atoms with van der Waals surface area (Å²) in [6, 6.07) is 0. The number of allylic oxidation sites excluding steroid dienone is 24. The van der Waals surface area contributed by atoms with E-state index in [-0.39, 0.29) is 37.5 Å². The van der Waals surface area contributed by atoms with Crippen LogP contribution in [-0.2, 0) is 28.6 Å². The molecule has 6 nitrogen and oxygen atoms in total. The molecule has 0 radical (unpaired) electrons. The van der Waals surface area contributed by atoms with Crippen LogP contribution in [-0.4, -0.2) is 37.2 Å². The van der Waals surface area contributed by atoms with Crippen LogP contribution in [0.25, 0.3) is 0 Å². The van der Waals surface area contributed by atoms with Crippen molar-refractivity contribution in [3.05, 3.63) is 146 Å². The van der Waals surface area contributed by atoms with E-state index in [1.54, 1.807) is 0 Å². The molecule has 0 heterocycles. The Bertz CT molecular complexity index is 1580. The molecule has 0 N–H and O–H groups in total. The van der Waals surface area contributed by atoms with Crippen molar-refractivity contribution >= 4 is 17.9 Å². The second-order valence-electron chi connectivity index (χ2n) is 19.5. The molecule has 0 amide bonds. The van der Waals surface area contributed by atoms with Crippen molar-refractivity contribution in [1.82, 2.24) is 0 Å². The van der Waals surface area contributed by atoms with E-state index in [1.165, 1.54) is 77.0 Å². The summed E-state index contributed by atoms with van der Waals surface area (Å²) in [5.41, 5.74) is 0. The fourth-order valence-corrected chi connectivity index (χ4v) is 7.68. The fourth-order valence-electron chi connectivity index (χ4n) is 7.68. The lowest BCUT2D eigenvalue weighted by molar-refractivity contribution is -0.167. The van der Waals surface area contributed by atoms with E-state index in [2.05, 4.69) is 167 Å². The van der Waals surface area contributed by atoms with Gasteiger partial charge < -0.3 is 14.2 Å². The first-order valence-electron chi connectivity index (χ1n) is 30.3. The summed E-state index contributed by atoms with van der Waals surface area (Å²) in [5, 5.41) is 0. The van der Waals surface area contributed by atoms with Crippen molar-refractivity contribution in [3.63, 3.8) is 0 Å². The average Bonchev–Trinajstić information content (AvgIpc) is 3.41. The molecular formula is C69H110O6. The minimum Gasteiger partial charge on any atom is -0.462 e. The van der Waals surface area contributed by atoms with Gasteiger partial charge in [-0.15, -0.1) is 0 Å². The van der Waals surface area contributed by atoms with Crippen molar-refractivity contribution in [2.75, 3.05) is 13.2 Å². The molecule has 0 aromatic carbocycles. The summed E-state index contributed by atoms with van der Waals surface area (Å²) in [6.07, 6.45) is 88.3. The van der Waals surface area contributed by atoms with Gasteiger partial charge in [0, 0.05) is 19.3 Å². The Hall–Kier alpha value is -4.71. The number of rotatable bonds is 53. The standard InChI is InChI=1S/C69H110O6/c1-4-7-10-13-16-19-22-25-28-31-34-37-40-43-46-49-52-55-58-61-67(70)73-64-66(75-69(72)63-60-57-54-51-48-45-42-39-36-33-30-27-24-21-18-15-12-9-6-3)65-74-68(71)62-59-56-53-50-47-44-41-38-35-32-29-26-23-20-17-14-11-8-5-2/h16-21,25-30,34-39,43-48,66H,4-15,22-24,31-33,40-42,49-65H2,1-3H3/b19-16-,20-17-,21-18-,28-25-,29-26-,30-27-,37-34-,38-35-,39-36-,46-43-,47-44-,48-45-. The number of carbonyl (C=O) groups excluding carboxylic acids is 3. The van der Waals surface area contributed by atoms with Gasteiger partial charge in [-0.3, -0.25) is 14.4 Å². The predicted molar refractivity (Wildman–Crippen MR) is 325 cm³/mol. The van der Waals surface area contributed by atoms with Gasteiger partial charge in [0.05, 0.1) is 0 Å². The molecule has 0 saturated heterocycles. The molecule has 0 rings (SSSR count). The molecule has 0 bridgehead atoms. The number of carbonyl (C=O) groups is 3. The minimum atomic E-state index is -0.830. The largest absolute Gasteiger partial charge is 0.462 e. The highest BCUT2D eigenvalue weighted by atomic mass is 16.6. The Morgan fingerprint density at radius 3 is 0.720 bits per heavy atom. The third-order valence-corrected chi connectivity index (χ3v) is 12.3. The summed E-state index contributed by atoms with van der Waals surface area (Å²) >= 11 is 0. The number of ether oxygens (including phenoxy) is 3. The molecule has 0 aliphatic carbocycles. The lowest BCUT2D eigenvalue weighted by Crippen LogP contribution is -2.30. The van der Waals surface area contributed by atoms with E-state index in [4.69, 9.17) is 14.2 Å². The smallest absolute Gasteiger partial charge is 0.306 e. The van der Waals surface area contributed by atoms with Gasteiger partial charge in [0.1, 0.15) is 13.2 Å². The molecule has 0 unspecified atom stereocenters. The SMILES string of the molecule is CCCCC/C=C\C/C=C\C/C=C\C/C=C\CCCCCC(=O)OCC(COC(=O)CCCCC/C=C\C/C=C\C/C=C\C/C=C\CCCCC)OC(=O)CCCCC/C=C\C/C=C\C/C=C\C/C=C\CCCCC. The maximum atomic E-state index is 12.9. The van der Waals surface area contributed by atoms with E-state index in [9.17, 15) is 14.4 Å². The van der Waals surface area contributed by atoms with Crippen LogP contribution in [0.1, 0.15) is 252 Å². The first-order chi connectivity index (χ1) is 37.0. The van der Waals surface area contributed by atoms with Gasteiger partial charge in [0.25, 0.3) is 0 Å². The zero-order chi connectivity index (χ0) is 54.3. The van der Waals surface area contributed by atoms with Gasteiger partial charge in [-0.2, -0.15) is 0 Å².